The molecule has 4 heterocycles. The van der Waals surface area contributed by atoms with Gasteiger partial charge in [-0.2, -0.15) is 0 Å². The molecular weight excluding hydrogens is 396 g/mol. The van der Waals surface area contributed by atoms with Crippen LogP contribution in [0.1, 0.15) is 28.1 Å². The van der Waals surface area contributed by atoms with E-state index in [4.69, 9.17) is 21.3 Å². The SMILES string of the molecule is Cc1cc(Nc2ncc(C)s2)nc(C2COCCN2Cc2ccc(Cl)cn2)n1. The van der Waals surface area contributed by atoms with Gasteiger partial charge in [0.15, 0.2) is 5.13 Å². The van der Waals surface area contributed by atoms with E-state index in [-0.39, 0.29) is 6.04 Å². The number of halogens is 1. The molecule has 0 aromatic carbocycles. The van der Waals surface area contributed by atoms with Crippen molar-refractivity contribution in [2.75, 3.05) is 25.1 Å². The fraction of sp³-hybridized carbons (Fsp3) is 0.368. The molecule has 1 unspecified atom stereocenters. The summed E-state index contributed by atoms with van der Waals surface area (Å²) in [5.41, 5.74) is 1.86. The fourth-order valence-electron chi connectivity index (χ4n) is 3.10. The highest BCUT2D eigenvalue weighted by Gasteiger charge is 2.28. The summed E-state index contributed by atoms with van der Waals surface area (Å²) in [5.74, 6) is 1.48. The molecule has 1 N–H and O–H groups in total. The summed E-state index contributed by atoms with van der Waals surface area (Å²) in [6.07, 6.45) is 3.52. The molecule has 1 fully saturated rings. The maximum atomic E-state index is 5.95. The summed E-state index contributed by atoms with van der Waals surface area (Å²) in [4.78, 5) is 21.6. The summed E-state index contributed by atoms with van der Waals surface area (Å²) < 4.78 is 5.73. The van der Waals surface area contributed by atoms with E-state index in [1.165, 1.54) is 0 Å². The molecule has 0 radical (unpaired) electrons. The van der Waals surface area contributed by atoms with Gasteiger partial charge in [0.05, 0.1) is 30.0 Å². The van der Waals surface area contributed by atoms with Crippen LogP contribution in [0.15, 0.2) is 30.6 Å². The quantitative estimate of drug-likeness (QED) is 0.675. The molecule has 3 aromatic heterocycles. The van der Waals surface area contributed by atoms with Crippen LogP contribution in [0.5, 0.6) is 0 Å². The second-order valence-electron chi connectivity index (χ2n) is 6.68. The molecule has 1 saturated heterocycles. The molecule has 0 aliphatic carbocycles. The number of nitrogens with zero attached hydrogens (tertiary/aromatic N) is 5. The second-order valence-corrected chi connectivity index (χ2v) is 8.35. The van der Waals surface area contributed by atoms with E-state index in [1.54, 1.807) is 17.5 Å². The summed E-state index contributed by atoms with van der Waals surface area (Å²) >= 11 is 7.55. The van der Waals surface area contributed by atoms with Crippen LogP contribution in [0.4, 0.5) is 10.9 Å². The highest BCUT2D eigenvalue weighted by molar-refractivity contribution is 7.15. The highest BCUT2D eigenvalue weighted by Crippen LogP contribution is 2.26. The summed E-state index contributed by atoms with van der Waals surface area (Å²) in [6.45, 7) is 6.71. The molecule has 0 bridgehead atoms. The van der Waals surface area contributed by atoms with E-state index in [1.807, 2.05) is 38.2 Å². The van der Waals surface area contributed by atoms with Crippen LogP contribution in [-0.2, 0) is 11.3 Å². The zero-order chi connectivity index (χ0) is 19.5. The number of aryl methyl sites for hydroxylation is 2. The van der Waals surface area contributed by atoms with Crippen LogP contribution in [0.3, 0.4) is 0 Å². The molecule has 4 rings (SSSR count). The summed E-state index contributed by atoms with van der Waals surface area (Å²) in [5, 5.41) is 4.75. The number of ether oxygens (including phenoxy) is 1. The van der Waals surface area contributed by atoms with Crippen molar-refractivity contribution >= 4 is 33.9 Å². The monoisotopic (exact) mass is 416 g/mol. The number of morpholine rings is 1. The Bertz CT molecular complexity index is 948. The van der Waals surface area contributed by atoms with E-state index < -0.39 is 0 Å². The van der Waals surface area contributed by atoms with Crippen molar-refractivity contribution in [3.63, 3.8) is 0 Å². The van der Waals surface area contributed by atoms with Crippen molar-refractivity contribution in [1.29, 1.82) is 0 Å². The first-order valence-corrected chi connectivity index (χ1v) is 10.2. The summed E-state index contributed by atoms with van der Waals surface area (Å²) in [6, 6.07) is 5.70. The first kappa shape index (κ1) is 19.2. The lowest BCUT2D eigenvalue weighted by molar-refractivity contribution is -0.0164. The third kappa shape index (κ3) is 4.64. The predicted octanol–water partition coefficient (Wildman–Crippen LogP) is 3.92. The topological polar surface area (TPSA) is 76.1 Å². The molecule has 1 aliphatic rings. The van der Waals surface area contributed by atoms with Crippen molar-refractivity contribution in [3.05, 3.63) is 57.7 Å². The molecule has 0 spiro atoms. The zero-order valence-corrected chi connectivity index (χ0v) is 17.3. The van der Waals surface area contributed by atoms with Crippen LogP contribution < -0.4 is 5.32 Å². The molecule has 1 atom stereocenters. The largest absolute Gasteiger partial charge is 0.378 e. The number of hydrogen-bond acceptors (Lipinski definition) is 8. The molecule has 0 saturated carbocycles. The summed E-state index contributed by atoms with van der Waals surface area (Å²) in [7, 11) is 0. The Morgan fingerprint density at radius 1 is 1.25 bits per heavy atom. The Hall–Kier alpha value is -2.13. The second kappa shape index (κ2) is 8.48. The molecule has 1 aliphatic heterocycles. The van der Waals surface area contributed by atoms with Crippen molar-refractivity contribution in [2.45, 2.75) is 26.4 Å². The minimum Gasteiger partial charge on any atom is -0.378 e. The van der Waals surface area contributed by atoms with Crippen LogP contribution >= 0.6 is 22.9 Å². The molecular formula is C19H21ClN6OS. The Morgan fingerprint density at radius 3 is 2.89 bits per heavy atom. The van der Waals surface area contributed by atoms with Crippen LogP contribution in [0.2, 0.25) is 5.02 Å². The number of thiazole rings is 1. The van der Waals surface area contributed by atoms with Gasteiger partial charge in [-0.15, -0.1) is 11.3 Å². The third-order valence-corrected chi connectivity index (χ3v) is 5.47. The Morgan fingerprint density at radius 2 is 2.14 bits per heavy atom. The van der Waals surface area contributed by atoms with E-state index in [0.29, 0.717) is 24.8 Å². The van der Waals surface area contributed by atoms with E-state index in [0.717, 1.165) is 39.6 Å². The zero-order valence-electron chi connectivity index (χ0n) is 15.7. The molecule has 0 amide bonds. The van der Waals surface area contributed by atoms with Crippen molar-refractivity contribution < 1.29 is 4.74 Å². The van der Waals surface area contributed by atoms with Crippen molar-refractivity contribution in [1.82, 2.24) is 24.8 Å². The van der Waals surface area contributed by atoms with Crippen molar-refractivity contribution in [2.24, 2.45) is 0 Å². The smallest absolute Gasteiger partial charge is 0.188 e. The minimum absolute atomic E-state index is 0.0373. The molecule has 28 heavy (non-hydrogen) atoms. The lowest BCUT2D eigenvalue weighted by Crippen LogP contribution is -2.40. The van der Waals surface area contributed by atoms with Gasteiger partial charge in [-0.3, -0.25) is 9.88 Å². The van der Waals surface area contributed by atoms with Gasteiger partial charge >= 0.3 is 0 Å². The number of nitrogens with one attached hydrogen (secondary N) is 1. The third-order valence-electron chi connectivity index (χ3n) is 4.42. The maximum Gasteiger partial charge on any atom is 0.188 e. The number of hydrogen-bond donors (Lipinski definition) is 1. The van der Waals surface area contributed by atoms with Gasteiger partial charge in [0, 0.05) is 42.1 Å². The first-order valence-electron chi connectivity index (χ1n) is 9.04. The minimum atomic E-state index is -0.0373. The van der Waals surface area contributed by atoms with Gasteiger partial charge in [-0.1, -0.05) is 11.6 Å². The van der Waals surface area contributed by atoms with Crippen LogP contribution in [0, 0.1) is 13.8 Å². The number of aromatic nitrogens is 4. The van der Waals surface area contributed by atoms with Gasteiger partial charge in [0.25, 0.3) is 0 Å². The lowest BCUT2D eigenvalue weighted by atomic mass is 10.2. The molecule has 3 aromatic rings. The molecule has 146 valence electrons. The number of rotatable bonds is 5. The van der Waals surface area contributed by atoms with Gasteiger partial charge in [-0.05, 0) is 26.0 Å². The lowest BCUT2D eigenvalue weighted by Gasteiger charge is -2.34. The van der Waals surface area contributed by atoms with Crippen LogP contribution in [0.25, 0.3) is 0 Å². The van der Waals surface area contributed by atoms with E-state index in [2.05, 4.69) is 25.2 Å². The fourth-order valence-corrected chi connectivity index (χ4v) is 3.88. The predicted molar refractivity (Wildman–Crippen MR) is 110 cm³/mol. The van der Waals surface area contributed by atoms with Crippen molar-refractivity contribution in [3.8, 4) is 0 Å². The highest BCUT2D eigenvalue weighted by atomic mass is 35.5. The van der Waals surface area contributed by atoms with Crippen LogP contribution in [-0.4, -0.2) is 44.6 Å². The van der Waals surface area contributed by atoms with Gasteiger partial charge in [0.1, 0.15) is 11.6 Å². The Balaban J connectivity index is 1.57. The van der Waals surface area contributed by atoms with Gasteiger partial charge in [-0.25, -0.2) is 15.0 Å². The average molecular weight is 417 g/mol. The molecule has 9 heteroatoms. The maximum absolute atomic E-state index is 5.95. The average Bonchev–Trinajstić information content (AvgIpc) is 3.08. The van der Waals surface area contributed by atoms with E-state index in [9.17, 15) is 0 Å². The Labute approximate surface area is 172 Å². The number of pyridine rings is 1. The molecule has 7 nitrogen and oxygen atoms in total. The first-order chi connectivity index (χ1) is 13.6. The van der Waals surface area contributed by atoms with Gasteiger partial charge < -0.3 is 10.1 Å². The van der Waals surface area contributed by atoms with E-state index >= 15 is 0 Å². The van der Waals surface area contributed by atoms with Gasteiger partial charge in [0.2, 0.25) is 0 Å². The number of anilines is 2. The standard InChI is InChI=1S/C19H21ClN6OS/c1-12-7-17(25-19-22-8-13(2)28-19)24-18(23-12)16-11-27-6-5-26(16)10-15-4-3-14(20)9-21-15/h3-4,7-9,16H,5-6,10-11H2,1-2H3,(H,22,23,24,25). The normalized spacial score (nSPS) is 17.6. The Kier molecular flexibility index (Phi) is 5.82.